The molecule has 0 radical (unpaired) electrons. The van der Waals surface area contributed by atoms with Crippen molar-refractivity contribution in [2.24, 2.45) is 0 Å². The van der Waals surface area contributed by atoms with Crippen molar-refractivity contribution < 1.29 is 9.53 Å². The topological polar surface area (TPSA) is 64.3 Å². The van der Waals surface area contributed by atoms with Gasteiger partial charge in [-0.1, -0.05) is 23.2 Å². The number of hydrogen-bond acceptors (Lipinski definition) is 3. The van der Waals surface area contributed by atoms with Crippen LogP contribution in [0.3, 0.4) is 0 Å². The number of carbonyl (C=O) groups is 1. The van der Waals surface area contributed by atoms with Gasteiger partial charge in [-0.2, -0.15) is 0 Å². The first kappa shape index (κ1) is 14.0. The van der Waals surface area contributed by atoms with Gasteiger partial charge >= 0.3 is 0 Å². The quantitative estimate of drug-likeness (QED) is 0.812. The fourth-order valence-corrected chi connectivity index (χ4v) is 2.51. The number of anilines is 2. The van der Waals surface area contributed by atoms with Crippen molar-refractivity contribution in [3.8, 4) is 11.5 Å². The molecule has 6 heteroatoms. The number of nitrogen functional groups attached to an aromatic ring is 1. The van der Waals surface area contributed by atoms with E-state index < -0.39 is 0 Å². The van der Waals surface area contributed by atoms with Crippen LogP contribution < -0.4 is 15.8 Å². The number of hydrogen-bond donors (Lipinski definition) is 2. The first-order valence-electron chi connectivity index (χ1n) is 6.38. The molecule has 4 nitrogen and oxygen atoms in total. The van der Waals surface area contributed by atoms with E-state index >= 15 is 0 Å². The average Bonchev–Trinajstić information content (AvgIpc) is 2.44. The summed E-state index contributed by atoms with van der Waals surface area (Å²) in [5.41, 5.74) is 8.20. The molecule has 2 aromatic carbocycles. The second kappa shape index (κ2) is 5.47. The van der Waals surface area contributed by atoms with Gasteiger partial charge in [0.25, 0.3) is 0 Å². The molecule has 1 aliphatic rings. The van der Waals surface area contributed by atoms with Crippen LogP contribution in [0.15, 0.2) is 30.3 Å². The molecule has 21 heavy (non-hydrogen) atoms. The van der Waals surface area contributed by atoms with Gasteiger partial charge in [-0.15, -0.1) is 0 Å². The van der Waals surface area contributed by atoms with Crippen molar-refractivity contribution in [3.05, 3.63) is 45.9 Å². The van der Waals surface area contributed by atoms with Crippen LogP contribution >= 0.6 is 23.2 Å². The summed E-state index contributed by atoms with van der Waals surface area (Å²) in [7, 11) is 0. The Labute approximate surface area is 131 Å². The lowest BCUT2D eigenvalue weighted by atomic mass is 10.0. The molecule has 1 amide bonds. The number of fused-ring (bicyclic) bond motifs is 1. The summed E-state index contributed by atoms with van der Waals surface area (Å²) < 4.78 is 5.73. The summed E-state index contributed by atoms with van der Waals surface area (Å²) in [5.74, 6) is 0.831. The lowest BCUT2D eigenvalue weighted by Crippen LogP contribution is -2.19. The Balaban J connectivity index is 1.97. The minimum absolute atomic E-state index is 0.0148. The number of nitrogens with two attached hydrogens (primary N) is 1. The van der Waals surface area contributed by atoms with Crippen molar-refractivity contribution in [1.82, 2.24) is 0 Å². The summed E-state index contributed by atoms with van der Waals surface area (Å²) in [4.78, 5) is 11.5. The molecule has 3 rings (SSSR count). The van der Waals surface area contributed by atoms with Gasteiger partial charge < -0.3 is 15.8 Å². The fraction of sp³-hybridized carbons (Fsp3) is 0.133. The normalized spacial score (nSPS) is 13.5. The molecule has 0 atom stereocenters. The molecule has 2 aromatic rings. The Hall–Kier alpha value is -1.91. The highest BCUT2D eigenvalue weighted by molar-refractivity contribution is 6.34. The molecule has 108 valence electrons. The van der Waals surface area contributed by atoms with Crippen LogP contribution in [0, 0.1) is 0 Å². The lowest BCUT2D eigenvalue weighted by Gasteiger charge is -2.19. The number of amides is 1. The second-order valence-electron chi connectivity index (χ2n) is 4.77. The summed E-state index contributed by atoms with van der Waals surface area (Å²) >= 11 is 12.0. The van der Waals surface area contributed by atoms with Gasteiger partial charge in [-0.25, -0.2) is 0 Å². The zero-order valence-corrected chi connectivity index (χ0v) is 12.5. The highest BCUT2D eigenvalue weighted by Crippen LogP contribution is 2.38. The molecular formula is C15H12Cl2N2O2. The zero-order valence-electron chi connectivity index (χ0n) is 11.0. The van der Waals surface area contributed by atoms with E-state index in [2.05, 4.69) is 5.32 Å². The van der Waals surface area contributed by atoms with E-state index in [1.807, 2.05) is 6.07 Å². The average molecular weight is 323 g/mol. The van der Waals surface area contributed by atoms with E-state index in [1.165, 1.54) is 0 Å². The molecule has 1 aliphatic heterocycles. The molecule has 0 unspecified atom stereocenters. The molecule has 3 N–H and O–H groups in total. The van der Waals surface area contributed by atoms with Gasteiger partial charge in [0, 0.05) is 29.3 Å². The Bertz CT molecular complexity index is 732. The van der Waals surface area contributed by atoms with Crippen molar-refractivity contribution in [2.45, 2.75) is 12.8 Å². The third-order valence-electron chi connectivity index (χ3n) is 3.24. The fourth-order valence-electron chi connectivity index (χ4n) is 2.19. The van der Waals surface area contributed by atoms with Gasteiger partial charge in [0.15, 0.2) is 5.75 Å². The first-order chi connectivity index (χ1) is 10.0. The number of benzene rings is 2. The third kappa shape index (κ3) is 2.91. The van der Waals surface area contributed by atoms with Crippen molar-refractivity contribution in [1.29, 1.82) is 0 Å². The Morgan fingerprint density at radius 2 is 1.90 bits per heavy atom. The van der Waals surface area contributed by atoms with Crippen LogP contribution in [-0.2, 0) is 11.2 Å². The van der Waals surface area contributed by atoms with Crippen LogP contribution in [-0.4, -0.2) is 5.91 Å². The van der Waals surface area contributed by atoms with Crippen molar-refractivity contribution in [2.75, 3.05) is 11.1 Å². The van der Waals surface area contributed by atoms with E-state index in [1.54, 1.807) is 24.3 Å². The Morgan fingerprint density at radius 1 is 1.10 bits per heavy atom. The predicted molar refractivity (Wildman–Crippen MR) is 84.3 cm³/mol. The van der Waals surface area contributed by atoms with Crippen LogP contribution in [0.2, 0.25) is 10.0 Å². The SMILES string of the molecule is Nc1cc2c(cc1Oc1cc(Cl)ccc1Cl)NC(=O)CC2. The second-order valence-corrected chi connectivity index (χ2v) is 5.62. The third-order valence-corrected chi connectivity index (χ3v) is 3.79. The van der Waals surface area contributed by atoms with Gasteiger partial charge in [0.2, 0.25) is 5.91 Å². The van der Waals surface area contributed by atoms with Crippen LogP contribution in [0.5, 0.6) is 11.5 Å². The maximum atomic E-state index is 11.5. The number of halogens is 2. The highest BCUT2D eigenvalue weighted by atomic mass is 35.5. The van der Waals surface area contributed by atoms with Crippen molar-refractivity contribution >= 4 is 40.5 Å². The van der Waals surface area contributed by atoms with Gasteiger partial charge in [0.1, 0.15) is 5.75 Å². The van der Waals surface area contributed by atoms with Crippen LogP contribution in [0.1, 0.15) is 12.0 Å². The molecule has 0 aliphatic carbocycles. The minimum atomic E-state index is -0.0148. The summed E-state index contributed by atoms with van der Waals surface area (Å²) in [6.07, 6.45) is 1.14. The smallest absolute Gasteiger partial charge is 0.224 e. The van der Waals surface area contributed by atoms with Crippen molar-refractivity contribution in [3.63, 3.8) is 0 Å². The van der Waals surface area contributed by atoms with E-state index in [9.17, 15) is 4.79 Å². The van der Waals surface area contributed by atoms with Gasteiger partial charge in [-0.05, 0) is 30.2 Å². The first-order valence-corrected chi connectivity index (χ1v) is 7.13. The van der Waals surface area contributed by atoms with E-state index in [-0.39, 0.29) is 5.91 Å². The number of ether oxygens (including phenoxy) is 1. The van der Waals surface area contributed by atoms with E-state index in [0.717, 1.165) is 5.56 Å². The van der Waals surface area contributed by atoms with E-state index in [4.69, 9.17) is 33.7 Å². The summed E-state index contributed by atoms with van der Waals surface area (Å²) in [6, 6.07) is 8.45. The number of rotatable bonds is 2. The summed E-state index contributed by atoms with van der Waals surface area (Å²) in [6.45, 7) is 0. The van der Waals surface area contributed by atoms with Gasteiger partial charge in [0.05, 0.1) is 10.7 Å². The van der Waals surface area contributed by atoms with Crippen LogP contribution in [0.4, 0.5) is 11.4 Å². The highest BCUT2D eigenvalue weighted by Gasteiger charge is 2.18. The maximum absolute atomic E-state index is 11.5. The molecule has 0 saturated heterocycles. The van der Waals surface area contributed by atoms with Crippen LogP contribution in [0.25, 0.3) is 0 Å². The zero-order chi connectivity index (χ0) is 15.0. The molecule has 0 aromatic heterocycles. The molecule has 0 saturated carbocycles. The molecule has 0 bridgehead atoms. The monoisotopic (exact) mass is 322 g/mol. The Morgan fingerprint density at radius 3 is 2.71 bits per heavy atom. The Kier molecular flexibility index (Phi) is 3.66. The standard InChI is InChI=1S/C15H12Cl2N2O2/c16-9-2-3-10(17)13(6-9)21-14-7-12-8(5-11(14)18)1-4-15(20)19-12/h2-3,5-7H,1,4,18H2,(H,19,20). The number of carbonyl (C=O) groups excluding carboxylic acids is 1. The molecule has 0 fully saturated rings. The van der Waals surface area contributed by atoms with Gasteiger partial charge in [-0.3, -0.25) is 4.79 Å². The largest absolute Gasteiger partial charge is 0.453 e. The number of aryl methyl sites for hydroxylation is 1. The lowest BCUT2D eigenvalue weighted by molar-refractivity contribution is -0.116. The molecular weight excluding hydrogens is 311 g/mol. The summed E-state index contributed by atoms with van der Waals surface area (Å²) in [5, 5.41) is 3.75. The molecule has 0 spiro atoms. The maximum Gasteiger partial charge on any atom is 0.224 e. The predicted octanol–water partition coefficient (Wildman–Crippen LogP) is 4.25. The number of nitrogens with one attached hydrogen (secondary N) is 1. The minimum Gasteiger partial charge on any atom is -0.453 e. The molecule has 1 heterocycles. The van der Waals surface area contributed by atoms with E-state index in [0.29, 0.717) is 45.8 Å².